The van der Waals surface area contributed by atoms with Gasteiger partial charge in [0.05, 0.1) is 29.8 Å². The van der Waals surface area contributed by atoms with Crippen molar-refractivity contribution >= 4 is 23.4 Å². The number of aryl methyl sites for hydroxylation is 1. The van der Waals surface area contributed by atoms with Crippen molar-refractivity contribution in [1.29, 1.82) is 0 Å². The van der Waals surface area contributed by atoms with E-state index < -0.39 is 6.09 Å². The maximum atomic E-state index is 12.4. The lowest BCUT2D eigenvalue weighted by Crippen LogP contribution is -2.25. The number of amides is 2. The van der Waals surface area contributed by atoms with Crippen LogP contribution in [0, 0.1) is 0 Å². The largest absolute Gasteiger partial charge is 0.447 e. The standard InChI is InChI=1S/C21H20N4O3/c26-20(11-10-16-14-22-25(15-16)17-6-2-1-3-7-17)23-18-8-4-5-9-19(18)24-12-13-28-21(24)27/h1-9,14-15H,10-13H2,(H,23,26). The van der Waals surface area contributed by atoms with Crippen molar-refractivity contribution in [1.82, 2.24) is 9.78 Å². The van der Waals surface area contributed by atoms with Crippen LogP contribution in [0.4, 0.5) is 16.2 Å². The zero-order chi connectivity index (χ0) is 19.3. The molecule has 0 saturated carbocycles. The highest BCUT2D eigenvalue weighted by Gasteiger charge is 2.25. The third-order valence-corrected chi connectivity index (χ3v) is 4.53. The maximum Gasteiger partial charge on any atom is 0.414 e. The quantitative estimate of drug-likeness (QED) is 0.715. The molecule has 2 amide bonds. The predicted octanol–water partition coefficient (Wildman–Crippen LogP) is 3.40. The minimum absolute atomic E-state index is 0.118. The second-order valence-electron chi connectivity index (χ2n) is 6.46. The zero-order valence-corrected chi connectivity index (χ0v) is 15.2. The van der Waals surface area contributed by atoms with Crippen molar-refractivity contribution in [2.75, 3.05) is 23.4 Å². The number of benzene rings is 2. The molecule has 1 N–H and O–H groups in total. The fourth-order valence-electron chi connectivity index (χ4n) is 3.11. The van der Waals surface area contributed by atoms with E-state index in [1.165, 1.54) is 4.90 Å². The van der Waals surface area contributed by atoms with Gasteiger partial charge >= 0.3 is 6.09 Å². The second-order valence-corrected chi connectivity index (χ2v) is 6.46. The van der Waals surface area contributed by atoms with E-state index in [0.29, 0.717) is 37.4 Å². The summed E-state index contributed by atoms with van der Waals surface area (Å²) in [4.78, 5) is 25.8. The minimum Gasteiger partial charge on any atom is -0.447 e. The molecule has 142 valence electrons. The average molecular weight is 376 g/mol. The number of carbonyl (C=O) groups is 2. The van der Waals surface area contributed by atoms with Crippen LogP contribution >= 0.6 is 0 Å². The van der Waals surface area contributed by atoms with Crippen LogP contribution in [0.2, 0.25) is 0 Å². The van der Waals surface area contributed by atoms with Gasteiger partial charge in [0.25, 0.3) is 0 Å². The molecule has 1 fully saturated rings. The zero-order valence-electron chi connectivity index (χ0n) is 15.2. The van der Waals surface area contributed by atoms with Crippen molar-refractivity contribution in [3.8, 4) is 5.69 Å². The molecule has 0 spiro atoms. The fourth-order valence-corrected chi connectivity index (χ4v) is 3.11. The first-order valence-corrected chi connectivity index (χ1v) is 9.13. The summed E-state index contributed by atoms with van der Waals surface area (Å²) < 4.78 is 6.78. The van der Waals surface area contributed by atoms with E-state index in [0.717, 1.165) is 11.3 Å². The number of para-hydroxylation sites is 3. The minimum atomic E-state index is -0.393. The van der Waals surface area contributed by atoms with Crippen LogP contribution in [0.1, 0.15) is 12.0 Å². The number of nitrogens with one attached hydrogen (secondary N) is 1. The molecular weight excluding hydrogens is 356 g/mol. The van der Waals surface area contributed by atoms with Crippen LogP contribution in [0.15, 0.2) is 67.0 Å². The summed E-state index contributed by atoms with van der Waals surface area (Å²) in [6, 6.07) is 17.1. The fraction of sp³-hybridized carbons (Fsp3) is 0.190. The Balaban J connectivity index is 1.38. The summed E-state index contributed by atoms with van der Waals surface area (Å²) in [5, 5.41) is 7.25. The smallest absolute Gasteiger partial charge is 0.414 e. The molecule has 28 heavy (non-hydrogen) atoms. The number of rotatable bonds is 6. The van der Waals surface area contributed by atoms with E-state index in [-0.39, 0.29) is 5.91 Å². The summed E-state index contributed by atoms with van der Waals surface area (Å²) in [5.74, 6) is -0.118. The maximum absolute atomic E-state index is 12.4. The van der Waals surface area contributed by atoms with Gasteiger partial charge in [0.15, 0.2) is 0 Å². The van der Waals surface area contributed by atoms with Gasteiger partial charge < -0.3 is 10.1 Å². The van der Waals surface area contributed by atoms with Crippen molar-refractivity contribution in [3.05, 3.63) is 72.6 Å². The average Bonchev–Trinajstić information content (AvgIpc) is 3.37. The molecule has 7 heteroatoms. The lowest BCUT2D eigenvalue weighted by molar-refractivity contribution is -0.116. The molecule has 1 saturated heterocycles. The van der Waals surface area contributed by atoms with Crippen molar-refractivity contribution in [2.45, 2.75) is 12.8 Å². The monoisotopic (exact) mass is 376 g/mol. The molecule has 2 heterocycles. The van der Waals surface area contributed by atoms with E-state index in [9.17, 15) is 9.59 Å². The van der Waals surface area contributed by atoms with E-state index >= 15 is 0 Å². The molecule has 3 aromatic rings. The van der Waals surface area contributed by atoms with Crippen LogP contribution in [-0.2, 0) is 16.0 Å². The molecule has 0 unspecified atom stereocenters. The summed E-state index contributed by atoms with van der Waals surface area (Å²) in [6.45, 7) is 0.830. The SMILES string of the molecule is O=C(CCc1cnn(-c2ccccc2)c1)Nc1ccccc1N1CCOC1=O. The van der Waals surface area contributed by atoms with Crippen LogP contribution < -0.4 is 10.2 Å². The van der Waals surface area contributed by atoms with Crippen LogP contribution in [0.3, 0.4) is 0 Å². The molecule has 4 rings (SSSR count). The summed E-state index contributed by atoms with van der Waals surface area (Å²) in [5.41, 5.74) is 3.21. The van der Waals surface area contributed by atoms with E-state index in [4.69, 9.17) is 4.74 Å². The van der Waals surface area contributed by atoms with E-state index in [1.54, 1.807) is 23.0 Å². The molecule has 0 bridgehead atoms. The molecule has 7 nitrogen and oxygen atoms in total. The highest BCUT2D eigenvalue weighted by molar-refractivity contribution is 5.99. The lowest BCUT2D eigenvalue weighted by atomic mass is 10.2. The third kappa shape index (κ3) is 3.88. The normalized spacial score (nSPS) is 13.4. The Kier molecular flexibility index (Phi) is 5.05. The van der Waals surface area contributed by atoms with Crippen LogP contribution in [0.25, 0.3) is 5.69 Å². The second kappa shape index (κ2) is 7.96. The Morgan fingerprint density at radius 2 is 1.89 bits per heavy atom. The number of nitrogens with zero attached hydrogens (tertiary/aromatic N) is 3. The highest BCUT2D eigenvalue weighted by Crippen LogP contribution is 2.28. The topological polar surface area (TPSA) is 76.5 Å². The van der Waals surface area contributed by atoms with Gasteiger partial charge in [-0.1, -0.05) is 30.3 Å². The number of ether oxygens (including phenoxy) is 1. The number of hydrogen-bond donors (Lipinski definition) is 1. The van der Waals surface area contributed by atoms with Gasteiger partial charge in [-0.3, -0.25) is 9.69 Å². The molecule has 1 aromatic heterocycles. The number of anilines is 2. The third-order valence-electron chi connectivity index (χ3n) is 4.53. The lowest BCUT2D eigenvalue weighted by Gasteiger charge is -2.17. The molecule has 1 aliphatic rings. The van der Waals surface area contributed by atoms with Gasteiger partial charge in [-0.05, 0) is 36.2 Å². The molecule has 2 aromatic carbocycles. The van der Waals surface area contributed by atoms with Crippen molar-refractivity contribution in [3.63, 3.8) is 0 Å². The molecule has 0 radical (unpaired) electrons. The number of cyclic esters (lactones) is 1. The highest BCUT2D eigenvalue weighted by atomic mass is 16.6. The summed E-state index contributed by atoms with van der Waals surface area (Å²) >= 11 is 0. The molecule has 1 aliphatic heterocycles. The Morgan fingerprint density at radius 1 is 1.11 bits per heavy atom. The predicted molar refractivity (Wildman–Crippen MR) is 106 cm³/mol. The first-order chi connectivity index (χ1) is 13.7. The molecule has 0 atom stereocenters. The Labute approximate surface area is 162 Å². The van der Waals surface area contributed by atoms with Crippen molar-refractivity contribution in [2.24, 2.45) is 0 Å². The first-order valence-electron chi connectivity index (χ1n) is 9.13. The molecule has 0 aliphatic carbocycles. The van der Waals surface area contributed by atoms with E-state index in [1.807, 2.05) is 48.7 Å². The number of aromatic nitrogens is 2. The van der Waals surface area contributed by atoms with Gasteiger partial charge in [0.1, 0.15) is 6.61 Å². The molecular formula is C21H20N4O3. The van der Waals surface area contributed by atoms with Crippen molar-refractivity contribution < 1.29 is 14.3 Å². The van der Waals surface area contributed by atoms with E-state index in [2.05, 4.69) is 10.4 Å². The number of hydrogen-bond acceptors (Lipinski definition) is 4. The van der Waals surface area contributed by atoms with Crippen LogP contribution in [0.5, 0.6) is 0 Å². The van der Waals surface area contributed by atoms with Gasteiger partial charge in [-0.15, -0.1) is 0 Å². The van der Waals surface area contributed by atoms with Gasteiger partial charge in [-0.25, -0.2) is 9.48 Å². The van der Waals surface area contributed by atoms with Crippen LogP contribution in [-0.4, -0.2) is 34.9 Å². The Morgan fingerprint density at radius 3 is 2.68 bits per heavy atom. The Hall–Kier alpha value is -3.61. The summed E-state index contributed by atoms with van der Waals surface area (Å²) in [7, 11) is 0. The summed E-state index contributed by atoms with van der Waals surface area (Å²) in [6.07, 6.45) is 4.20. The van der Waals surface area contributed by atoms with Gasteiger partial charge in [0, 0.05) is 12.6 Å². The Bertz CT molecular complexity index is 984. The van der Waals surface area contributed by atoms with Gasteiger partial charge in [-0.2, -0.15) is 5.10 Å². The first kappa shape index (κ1) is 17.8. The number of carbonyl (C=O) groups excluding carboxylic acids is 2. The van der Waals surface area contributed by atoms with Gasteiger partial charge in [0.2, 0.25) is 5.91 Å².